The summed E-state index contributed by atoms with van der Waals surface area (Å²) in [5.74, 6) is 0. The summed E-state index contributed by atoms with van der Waals surface area (Å²) >= 11 is 0. The first kappa shape index (κ1) is 11.2. The van der Waals surface area contributed by atoms with E-state index in [1.165, 1.54) is 5.56 Å². The minimum atomic E-state index is 0.559. The molecule has 0 amide bonds. The van der Waals surface area contributed by atoms with E-state index in [4.69, 9.17) is 0 Å². The molecule has 2 rings (SSSR count). The molecule has 0 saturated carbocycles. The number of carbonyl (C=O) groups excluding carboxylic acids is 1. The van der Waals surface area contributed by atoms with Gasteiger partial charge in [-0.1, -0.05) is 29.8 Å². The van der Waals surface area contributed by atoms with Crippen LogP contribution >= 0.6 is 0 Å². The Bertz CT molecular complexity index is 582. The first-order valence-corrected chi connectivity index (χ1v) is 5.32. The zero-order valence-corrected chi connectivity index (χ0v) is 9.77. The highest BCUT2D eigenvalue weighted by molar-refractivity contribution is 5.74. The number of pyridine rings is 1. The Morgan fingerprint density at radius 2 is 1.82 bits per heavy atom. The minimum Gasteiger partial charge on any atom is -0.254 e. The number of hydrogen-bond acceptors (Lipinski definition) is 3. The van der Waals surface area contributed by atoms with Gasteiger partial charge in [-0.2, -0.15) is 4.99 Å². The van der Waals surface area contributed by atoms with Gasteiger partial charge < -0.3 is 0 Å². The third kappa shape index (κ3) is 2.47. The summed E-state index contributed by atoms with van der Waals surface area (Å²) in [6.07, 6.45) is 3.33. The van der Waals surface area contributed by atoms with Crippen molar-refractivity contribution in [2.45, 2.75) is 13.8 Å². The maximum atomic E-state index is 10.4. The number of benzene rings is 1. The third-order valence-electron chi connectivity index (χ3n) is 2.50. The van der Waals surface area contributed by atoms with Crippen molar-refractivity contribution < 1.29 is 4.79 Å². The van der Waals surface area contributed by atoms with Crippen molar-refractivity contribution in [1.29, 1.82) is 0 Å². The van der Waals surface area contributed by atoms with Crippen LogP contribution in [0.2, 0.25) is 0 Å². The van der Waals surface area contributed by atoms with Crippen molar-refractivity contribution in [2.75, 3.05) is 0 Å². The molecular weight excluding hydrogens is 212 g/mol. The molecule has 0 saturated heterocycles. The quantitative estimate of drug-likeness (QED) is 0.580. The van der Waals surface area contributed by atoms with Gasteiger partial charge in [-0.3, -0.25) is 4.98 Å². The van der Waals surface area contributed by atoms with Crippen molar-refractivity contribution >= 4 is 11.8 Å². The first-order valence-electron chi connectivity index (χ1n) is 5.32. The predicted molar refractivity (Wildman–Crippen MR) is 66.9 cm³/mol. The molecule has 3 heteroatoms. The van der Waals surface area contributed by atoms with Crippen LogP contribution in [0, 0.1) is 13.8 Å². The molecule has 0 unspecified atom stereocenters. The summed E-state index contributed by atoms with van der Waals surface area (Å²) in [7, 11) is 0. The smallest absolute Gasteiger partial charge is 0.240 e. The second-order valence-electron chi connectivity index (χ2n) is 3.95. The fourth-order valence-corrected chi connectivity index (χ4v) is 1.62. The molecule has 3 nitrogen and oxygen atoms in total. The fraction of sp³-hybridized carbons (Fsp3) is 0.143. The summed E-state index contributed by atoms with van der Waals surface area (Å²) in [5.41, 5.74) is 4.36. The lowest BCUT2D eigenvalue weighted by Crippen LogP contribution is -1.86. The molecule has 0 atom stereocenters. The first-order chi connectivity index (χ1) is 8.20. The molecule has 0 radical (unpaired) electrons. The van der Waals surface area contributed by atoms with E-state index in [2.05, 4.69) is 9.98 Å². The molecular formula is C14H12N2O. The molecule has 1 aromatic carbocycles. The minimum absolute atomic E-state index is 0.559. The van der Waals surface area contributed by atoms with Gasteiger partial charge >= 0.3 is 0 Å². The van der Waals surface area contributed by atoms with Crippen LogP contribution in [-0.4, -0.2) is 11.1 Å². The van der Waals surface area contributed by atoms with Gasteiger partial charge in [-0.25, -0.2) is 4.79 Å². The van der Waals surface area contributed by atoms with E-state index in [1.54, 1.807) is 12.3 Å². The van der Waals surface area contributed by atoms with Crippen LogP contribution in [-0.2, 0) is 4.79 Å². The van der Waals surface area contributed by atoms with E-state index >= 15 is 0 Å². The van der Waals surface area contributed by atoms with Crippen LogP contribution in [0.15, 0.2) is 41.5 Å². The number of aryl methyl sites for hydroxylation is 2. The Labute approximate surface area is 99.9 Å². The average molecular weight is 224 g/mol. The number of rotatable bonds is 2. The highest BCUT2D eigenvalue weighted by Gasteiger charge is 2.06. The number of aliphatic imine (C=N–C) groups is 1. The Kier molecular flexibility index (Phi) is 3.12. The van der Waals surface area contributed by atoms with Crippen LogP contribution in [0.1, 0.15) is 11.1 Å². The van der Waals surface area contributed by atoms with Gasteiger partial charge in [0.2, 0.25) is 6.08 Å². The summed E-state index contributed by atoms with van der Waals surface area (Å²) in [4.78, 5) is 18.4. The zero-order valence-electron chi connectivity index (χ0n) is 9.77. The maximum Gasteiger partial charge on any atom is 0.240 e. The lowest BCUT2D eigenvalue weighted by atomic mass is 10.1. The summed E-state index contributed by atoms with van der Waals surface area (Å²) in [6.45, 7) is 3.94. The average Bonchev–Trinajstić information content (AvgIpc) is 2.31. The lowest BCUT2D eigenvalue weighted by molar-refractivity contribution is 0.565. The normalized spacial score (nSPS) is 9.76. The molecule has 2 aromatic rings. The molecule has 0 fully saturated rings. The van der Waals surface area contributed by atoms with Gasteiger partial charge in [-0.05, 0) is 25.5 Å². The highest BCUT2D eigenvalue weighted by atomic mass is 16.1. The van der Waals surface area contributed by atoms with E-state index in [0.717, 1.165) is 11.1 Å². The van der Waals surface area contributed by atoms with E-state index < -0.39 is 0 Å². The molecule has 1 heterocycles. The van der Waals surface area contributed by atoms with Crippen LogP contribution in [0.4, 0.5) is 5.69 Å². The van der Waals surface area contributed by atoms with Gasteiger partial charge in [0.1, 0.15) is 5.69 Å². The summed E-state index contributed by atoms with van der Waals surface area (Å²) in [5, 5.41) is 0. The van der Waals surface area contributed by atoms with E-state index in [1.807, 2.05) is 44.2 Å². The topological polar surface area (TPSA) is 42.3 Å². The molecule has 0 spiro atoms. The van der Waals surface area contributed by atoms with Crippen molar-refractivity contribution in [1.82, 2.24) is 4.98 Å². The molecule has 0 bridgehead atoms. The van der Waals surface area contributed by atoms with E-state index in [-0.39, 0.29) is 0 Å². The Hall–Kier alpha value is -2.25. The van der Waals surface area contributed by atoms with E-state index in [0.29, 0.717) is 11.4 Å². The summed E-state index contributed by atoms with van der Waals surface area (Å²) < 4.78 is 0. The highest BCUT2D eigenvalue weighted by Crippen LogP contribution is 2.28. The van der Waals surface area contributed by atoms with Gasteiger partial charge in [-0.15, -0.1) is 0 Å². The second kappa shape index (κ2) is 4.73. The number of isocyanates is 1. The Morgan fingerprint density at radius 1 is 1.12 bits per heavy atom. The number of nitrogens with zero attached hydrogens (tertiary/aromatic N) is 2. The molecule has 0 aliphatic heterocycles. The SMILES string of the molecule is Cc1ccc(-c2ncc(C)cc2N=C=O)cc1. The van der Waals surface area contributed by atoms with Crippen LogP contribution in [0.25, 0.3) is 11.3 Å². The van der Waals surface area contributed by atoms with Crippen LogP contribution in [0.3, 0.4) is 0 Å². The van der Waals surface area contributed by atoms with Crippen molar-refractivity contribution in [2.24, 2.45) is 4.99 Å². The van der Waals surface area contributed by atoms with Crippen molar-refractivity contribution in [3.8, 4) is 11.3 Å². The Balaban J connectivity index is 2.58. The second-order valence-corrected chi connectivity index (χ2v) is 3.95. The molecule has 0 N–H and O–H groups in total. The van der Waals surface area contributed by atoms with Gasteiger partial charge in [0.15, 0.2) is 0 Å². The molecule has 17 heavy (non-hydrogen) atoms. The molecule has 84 valence electrons. The van der Waals surface area contributed by atoms with Crippen LogP contribution in [0.5, 0.6) is 0 Å². The monoisotopic (exact) mass is 224 g/mol. The maximum absolute atomic E-state index is 10.4. The Morgan fingerprint density at radius 3 is 2.47 bits per heavy atom. The van der Waals surface area contributed by atoms with Gasteiger partial charge in [0.25, 0.3) is 0 Å². The van der Waals surface area contributed by atoms with E-state index in [9.17, 15) is 4.79 Å². The molecule has 1 aromatic heterocycles. The van der Waals surface area contributed by atoms with Gasteiger partial charge in [0.05, 0.1) is 5.69 Å². The van der Waals surface area contributed by atoms with Crippen molar-refractivity contribution in [3.05, 3.63) is 47.7 Å². The fourth-order valence-electron chi connectivity index (χ4n) is 1.62. The number of aromatic nitrogens is 1. The zero-order chi connectivity index (χ0) is 12.3. The molecule has 0 aliphatic carbocycles. The molecule has 0 aliphatic rings. The van der Waals surface area contributed by atoms with Crippen LogP contribution < -0.4 is 0 Å². The number of hydrogen-bond donors (Lipinski definition) is 0. The summed E-state index contributed by atoms with van der Waals surface area (Å²) in [6, 6.07) is 9.78. The predicted octanol–water partition coefficient (Wildman–Crippen LogP) is 3.33. The van der Waals surface area contributed by atoms with Gasteiger partial charge in [0, 0.05) is 11.8 Å². The standard InChI is InChI=1S/C14H12N2O/c1-10-3-5-12(6-4-10)14-13(16-9-17)7-11(2)8-15-14/h3-8H,1-2H3. The third-order valence-corrected chi connectivity index (χ3v) is 2.50. The lowest BCUT2D eigenvalue weighted by Gasteiger charge is -2.05. The van der Waals surface area contributed by atoms with Crippen molar-refractivity contribution in [3.63, 3.8) is 0 Å². The largest absolute Gasteiger partial charge is 0.254 e.